The summed E-state index contributed by atoms with van der Waals surface area (Å²) in [5, 5.41) is 0. The number of methoxy groups -OCH3 is 1. The molecule has 1 amide bonds. The van der Waals surface area contributed by atoms with Gasteiger partial charge in [-0.15, -0.1) is 0 Å². The van der Waals surface area contributed by atoms with Crippen molar-refractivity contribution in [3.8, 4) is 5.75 Å². The summed E-state index contributed by atoms with van der Waals surface area (Å²) in [4.78, 5) is 18.1. The van der Waals surface area contributed by atoms with Crippen molar-refractivity contribution >= 4 is 5.91 Å². The van der Waals surface area contributed by atoms with Crippen molar-refractivity contribution in [2.75, 3.05) is 26.9 Å². The fraction of sp³-hybridized carbons (Fsp3) is 0.333. The Balaban J connectivity index is 1.94. The third-order valence-electron chi connectivity index (χ3n) is 3.42. The molecule has 1 aromatic heterocycles. The zero-order chi connectivity index (χ0) is 16.5. The number of ether oxygens (including phenoxy) is 2. The van der Waals surface area contributed by atoms with Crippen molar-refractivity contribution < 1.29 is 14.3 Å². The predicted octanol–water partition coefficient (Wildman–Crippen LogP) is 2.44. The first-order chi connectivity index (χ1) is 11.2. The average Bonchev–Trinajstić information content (AvgIpc) is 2.58. The number of carbonyl (C=O) groups is 1. The molecule has 23 heavy (non-hydrogen) atoms. The molecular formula is C18H22N2O3. The first-order valence-electron chi connectivity index (χ1n) is 7.54. The maximum atomic E-state index is 12.4. The molecule has 1 heterocycles. The number of nitrogens with zero attached hydrogens (tertiary/aromatic N) is 2. The van der Waals surface area contributed by atoms with Crippen LogP contribution >= 0.6 is 0 Å². The molecule has 0 radical (unpaired) electrons. The van der Waals surface area contributed by atoms with Gasteiger partial charge in [0, 0.05) is 32.6 Å². The lowest BCUT2D eigenvalue weighted by Crippen LogP contribution is -2.36. The number of aromatic nitrogens is 1. The molecule has 0 saturated carbocycles. The molecule has 0 N–H and O–H groups in total. The average molecular weight is 314 g/mol. The molecule has 2 rings (SSSR count). The van der Waals surface area contributed by atoms with Crippen LogP contribution in [0.5, 0.6) is 5.75 Å². The highest BCUT2D eigenvalue weighted by molar-refractivity contribution is 5.77. The molecule has 5 nitrogen and oxygen atoms in total. The van der Waals surface area contributed by atoms with Gasteiger partial charge in [0.05, 0.1) is 6.61 Å². The molecule has 5 heteroatoms. The van der Waals surface area contributed by atoms with Gasteiger partial charge in [-0.3, -0.25) is 9.78 Å². The van der Waals surface area contributed by atoms with Gasteiger partial charge >= 0.3 is 0 Å². The van der Waals surface area contributed by atoms with Crippen LogP contribution in [0.3, 0.4) is 0 Å². The molecule has 0 spiro atoms. The highest BCUT2D eigenvalue weighted by atomic mass is 16.5. The molecule has 2 aromatic rings. The first kappa shape index (κ1) is 17.0. The lowest BCUT2D eigenvalue weighted by molar-refractivity contribution is -0.134. The van der Waals surface area contributed by atoms with E-state index < -0.39 is 0 Å². The van der Waals surface area contributed by atoms with Gasteiger partial charge in [0.25, 0.3) is 5.91 Å². The standard InChI is InChI=1S/C18H22N2O3/c1-15-3-5-17(6-4-15)23-14-18(21)20(11-12-22-2)13-16-7-9-19-10-8-16/h3-10H,11-14H2,1-2H3. The molecule has 0 aliphatic carbocycles. The summed E-state index contributed by atoms with van der Waals surface area (Å²) in [6, 6.07) is 11.4. The number of carbonyl (C=O) groups excluding carboxylic acids is 1. The van der Waals surface area contributed by atoms with Crippen LogP contribution < -0.4 is 4.74 Å². The number of hydrogen-bond donors (Lipinski definition) is 0. The molecule has 0 bridgehead atoms. The first-order valence-corrected chi connectivity index (χ1v) is 7.54. The van der Waals surface area contributed by atoms with E-state index >= 15 is 0 Å². The van der Waals surface area contributed by atoms with E-state index in [1.165, 1.54) is 0 Å². The van der Waals surface area contributed by atoms with Crippen LogP contribution in [-0.4, -0.2) is 42.7 Å². The van der Waals surface area contributed by atoms with Gasteiger partial charge in [-0.05, 0) is 36.8 Å². The van der Waals surface area contributed by atoms with Crippen LogP contribution in [-0.2, 0) is 16.1 Å². The minimum Gasteiger partial charge on any atom is -0.484 e. The van der Waals surface area contributed by atoms with Crippen molar-refractivity contribution in [2.24, 2.45) is 0 Å². The Morgan fingerprint density at radius 3 is 2.48 bits per heavy atom. The summed E-state index contributed by atoms with van der Waals surface area (Å²) < 4.78 is 10.7. The second kappa shape index (κ2) is 8.90. The monoisotopic (exact) mass is 314 g/mol. The van der Waals surface area contributed by atoms with Gasteiger partial charge in [-0.1, -0.05) is 17.7 Å². The van der Waals surface area contributed by atoms with Crippen molar-refractivity contribution in [1.29, 1.82) is 0 Å². The number of hydrogen-bond acceptors (Lipinski definition) is 4. The molecule has 122 valence electrons. The minimum absolute atomic E-state index is 0.0118. The minimum atomic E-state index is -0.0700. The van der Waals surface area contributed by atoms with Crippen molar-refractivity contribution in [2.45, 2.75) is 13.5 Å². The molecule has 0 aliphatic heterocycles. The maximum absolute atomic E-state index is 12.4. The predicted molar refractivity (Wildman–Crippen MR) is 88.2 cm³/mol. The quantitative estimate of drug-likeness (QED) is 0.751. The van der Waals surface area contributed by atoms with Crippen LogP contribution in [0.4, 0.5) is 0 Å². The Hall–Kier alpha value is -2.40. The van der Waals surface area contributed by atoms with Gasteiger partial charge in [-0.2, -0.15) is 0 Å². The Morgan fingerprint density at radius 2 is 1.83 bits per heavy atom. The van der Waals surface area contributed by atoms with Crippen LogP contribution in [0.2, 0.25) is 0 Å². The highest BCUT2D eigenvalue weighted by Gasteiger charge is 2.14. The van der Waals surface area contributed by atoms with Gasteiger partial charge in [0.1, 0.15) is 5.75 Å². The molecule has 0 saturated heterocycles. The molecule has 0 aliphatic rings. The Kier molecular flexibility index (Phi) is 6.56. The SMILES string of the molecule is COCCN(Cc1ccncc1)C(=O)COc1ccc(C)cc1. The molecule has 0 atom stereocenters. The van der Waals surface area contributed by atoms with Crippen LogP contribution in [0.1, 0.15) is 11.1 Å². The van der Waals surface area contributed by atoms with E-state index in [2.05, 4.69) is 4.98 Å². The number of benzene rings is 1. The largest absolute Gasteiger partial charge is 0.484 e. The number of rotatable bonds is 8. The second-order valence-corrected chi connectivity index (χ2v) is 5.27. The summed E-state index contributed by atoms with van der Waals surface area (Å²) in [7, 11) is 1.62. The summed E-state index contributed by atoms with van der Waals surface area (Å²) in [6.07, 6.45) is 3.44. The summed E-state index contributed by atoms with van der Waals surface area (Å²) in [6.45, 7) is 3.55. The number of pyridine rings is 1. The highest BCUT2D eigenvalue weighted by Crippen LogP contribution is 2.12. The van der Waals surface area contributed by atoms with E-state index in [1.807, 2.05) is 43.3 Å². The van der Waals surface area contributed by atoms with E-state index in [0.29, 0.717) is 25.4 Å². The van der Waals surface area contributed by atoms with E-state index in [4.69, 9.17) is 9.47 Å². The Bertz CT molecular complexity index is 599. The van der Waals surface area contributed by atoms with Gasteiger partial charge in [0.15, 0.2) is 6.61 Å². The normalized spacial score (nSPS) is 10.3. The van der Waals surface area contributed by atoms with E-state index in [-0.39, 0.29) is 12.5 Å². The van der Waals surface area contributed by atoms with Crippen LogP contribution in [0, 0.1) is 6.92 Å². The van der Waals surface area contributed by atoms with Crippen molar-refractivity contribution in [3.63, 3.8) is 0 Å². The summed E-state index contributed by atoms with van der Waals surface area (Å²) in [5.41, 5.74) is 2.18. The van der Waals surface area contributed by atoms with Crippen LogP contribution in [0.15, 0.2) is 48.8 Å². The van der Waals surface area contributed by atoms with Gasteiger partial charge in [-0.25, -0.2) is 0 Å². The smallest absolute Gasteiger partial charge is 0.260 e. The third kappa shape index (κ3) is 5.71. The molecule has 0 fully saturated rings. The number of amides is 1. The van der Waals surface area contributed by atoms with Crippen LogP contribution in [0.25, 0.3) is 0 Å². The summed E-state index contributed by atoms with van der Waals surface area (Å²) >= 11 is 0. The second-order valence-electron chi connectivity index (χ2n) is 5.27. The molecular weight excluding hydrogens is 292 g/mol. The fourth-order valence-corrected chi connectivity index (χ4v) is 2.07. The van der Waals surface area contributed by atoms with E-state index in [1.54, 1.807) is 24.4 Å². The fourth-order valence-electron chi connectivity index (χ4n) is 2.07. The van der Waals surface area contributed by atoms with Gasteiger partial charge < -0.3 is 14.4 Å². The van der Waals surface area contributed by atoms with E-state index in [9.17, 15) is 4.79 Å². The Morgan fingerprint density at radius 1 is 1.13 bits per heavy atom. The zero-order valence-corrected chi connectivity index (χ0v) is 13.6. The maximum Gasteiger partial charge on any atom is 0.260 e. The Labute approximate surface area is 136 Å². The molecule has 0 unspecified atom stereocenters. The van der Waals surface area contributed by atoms with Crippen molar-refractivity contribution in [3.05, 3.63) is 59.9 Å². The molecule has 1 aromatic carbocycles. The number of aryl methyl sites for hydroxylation is 1. The van der Waals surface area contributed by atoms with E-state index in [0.717, 1.165) is 11.1 Å². The van der Waals surface area contributed by atoms with Crippen molar-refractivity contribution in [1.82, 2.24) is 9.88 Å². The summed E-state index contributed by atoms with van der Waals surface area (Å²) in [5.74, 6) is 0.624. The zero-order valence-electron chi connectivity index (χ0n) is 13.6. The lowest BCUT2D eigenvalue weighted by atomic mass is 10.2. The topological polar surface area (TPSA) is 51.7 Å². The van der Waals surface area contributed by atoms with Gasteiger partial charge in [0.2, 0.25) is 0 Å². The third-order valence-corrected chi connectivity index (χ3v) is 3.42. The lowest BCUT2D eigenvalue weighted by Gasteiger charge is -2.22.